The van der Waals surface area contributed by atoms with E-state index in [1.807, 2.05) is 6.07 Å². The summed E-state index contributed by atoms with van der Waals surface area (Å²) in [6, 6.07) is 8.81. The van der Waals surface area contributed by atoms with Crippen LogP contribution < -0.4 is 4.74 Å². The van der Waals surface area contributed by atoms with E-state index in [2.05, 4.69) is 9.88 Å². The molecule has 1 saturated carbocycles. The van der Waals surface area contributed by atoms with Crippen molar-refractivity contribution in [2.45, 2.75) is 55.3 Å². The molecule has 1 saturated heterocycles. The molecule has 4 N–H and O–H groups in total. The zero-order valence-electron chi connectivity index (χ0n) is 18.7. The van der Waals surface area contributed by atoms with Crippen molar-refractivity contribution in [3.63, 3.8) is 0 Å². The van der Waals surface area contributed by atoms with Gasteiger partial charge in [-0.25, -0.2) is 4.79 Å². The second kappa shape index (κ2) is 5.96. The Balaban J connectivity index is 1.40. The normalized spacial score (nSPS) is 32.9. The minimum absolute atomic E-state index is 0.0447. The van der Waals surface area contributed by atoms with Crippen LogP contribution in [0.1, 0.15) is 58.1 Å². The average molecular weight is 459 g/mol. The van der Waals surface area contributed by atoms with Crippen LogP contribution in [-0.2, 0) is 18.3 Å². The number of carboxylic acids is 1. The van der Waals surface area contributed by atoms with Gasteiger partial charge in [0.2, 0.25) is 0 Å². The zero-order valence-corrected chi connectivity index (χ0v) is 18.7. The molecule has 34 heavy (non-hydrogen) atoms. The third-order valence-electron chi connectivity index (χ3n) is 9.41. The van der Waals surface area contributed by atoms with Crippen LogP contribution >= 0.6 is 0 Å². The maximum absolute atomic E-state index is 12.8. The number of fused-ring (bicyclic) bond motifs is 4. The lowest BCUT2D eigenvalue weighted by Crippen LogP contribution is -2.74. The molecule has 3 aromatic rings. The number of aromatic hydroxyl groups is 1. The average Bonchev–Trinajstić information content (AvgIpc) is 3.45. The lowest BCUT2D eigenvalue weighted by Gasteiger charge is -2.62. The summed E-state index contributed by atoms with van der Waals surface area (Å²) in [6.07, 6.45) is 3.99. The van der Waals surface area contributed by atoms with E-state index >= 15 is 0 Å². The Bertz CT molecular complexity index is 1420. The molecule has 7 nitrogen and oxygen atoms in total. The first-order chi connectivity index (χ1) is 16.4. The maximum Gasteiger partial charge on any atom is 0.335 e. The minimum Gasteiger partial charge on any atom is -0.504 e. The number of nitrogens with zero attached hydrogens (tertiary/aromatic N) is 1. The molecule has 5 aliphatic rings. The van der Waals surface area contributed by atoms with Crippen LogP contribution in [0.15, 0.2) is 30.3 Å². The van der Waals surface area contributed by atoms with E-state index < -0.39 is 23.1 Å². The van der Waals surface area contributed by atoms with Crippen LogP contribution in [0.5, 0.6) is 11.5 Å². The quantitative estimate of drug-likeness (QED) is 0.480. The van der Waals surface area contributed by atoms with Crippen LogP contribution in [0.25, 0.3) is 10.9 Å². The number of phenolic OH excluding ortho intramolecular Hbond substituents is 1. The Labute approximate surface area is 196 Å². The number of aromatic carboxylic acids is 1. The number of hydrogen-bond acceptors (Lipinski definition) is 5. The van der Waals surface area contributed by atoms with Crippen molar-refractivity contribution < 1.29 is 24.9 Å². The number of phenols is 1. The molecule has 1 spiro atoms. The third kappa shape index (κ3) is 2.10. The number of aromatic amines is 1. The van der Waals surface area contributed by atoms with Crippen molar-refractivity contribution in [1.82, 2.24) is 9.88 Å². The topological polar surface area (TPSA) is 106 Å². The Kier molecular flexibility index (Phi) is 3.38. The highest BCUT2D eigenvalue weighted by molar-refractivity contribution is 5.95. The van der Waals surface area contributed by atoms with Crippen molar-refractivity contribution >= 4 is 16.9 Å². The van der Waals surface area contributed by atoms with Gasteiger partial charge in [0, 0.05) is 35.5 Å². The lowest BCUT2D eigenvalue weighted by molar-refractivity contribution is -0.173. The summed E-state index contributed by atoms with van der Waals surface area (Å²) in [6.45, 7) is 1.91. The Morgan fingerprint density at radius 1 is 1.24 bits per heavy atom. The molecule has 7 heteroatoms. The highest BCUT2D eigenvalue weighted by atomic mass is 16.5. The summed E-state index contributed by atoms with van der Waals surface area (Å²) < 4.78 is 6.56. The smallest absolute Gasteiger partial charge is 0.335 e. The monoisotopic (exact) mass is 458 g/mol. The molecule has 1 unspecified atom stereocenters. The van der Waals surface area contributed by atoms with Gasteiger partial charge in [-0.05, 0) is 73.5 Å². The fraction of sp³-hybridized carbons (Fsp3) is 0.444. The van der Waals surface area contributed by atoms with Gasteiger partial charge in [0.15, 0.2) is 17.6 Å². The molecule has 3 heterocycles. The maximum atomic E-state index is 12.8. The molecule has 2 aromatic carbocycles. The number of carboxylic acid groups (broad SMARTS) is 1. The van der Waals surface area contributed by atoms with Gasteiger partial charge in [0.05, 0.1) is 22.3 Å². The molecule has 1 aromatic heterocycles. The van der Waals surface area contributed by atoms with Gasteiger partial charge in [-0.15, -0.1) is 0 Å². The van der Waals surface area contributed by atoms with E-state index in [1.54, 1.807) is 24.3 Å². The number of hydrogen-bond donors (Lipinski definition) is 4. The van der Waals surface area contributed by atoms with Crippen LogP contribution in [0.3, 0.4) is 0 Å². The predicted molar refractivity (Wildman–Crippen MR) is 123 cm³/mol. The highest BCUT2D eigenvalue weighted by Crippen LogP contribution is 2.69. The second-order valence-corrected chi connectivity index (χ2v) is 11.0. The first kappa shape index (κ1) is 19.3. The number of nitrogens with one attached hydrogen (secondary N) is 1. The van der Waals surface area contributed by atoms with Gasteiger partial charge in [-0.3, -0.25) is 4.90 Å². The van der Waals surface area contributed by atoms with Crippen LogP contribution in [0.4, 0.5) is 0 Å². The molecule has 3 aliphatic carbocycles. The van der Waals surface area contributed by atoms with Crippen LogP contribution in [-0.4, -0.2) is 55.9 Å². The van der Waals surface area contributed by atoms with Crippen LogP contribution in [0, 0.1) is 5.92 Å². The van der Waals surface area contributed by atoms with E-state index in [0.717, 1.165) is 65.1 Å². The molecular formula is C27H26N2O5. The van der Waals surface area contributed by atoms with Crippen molar-refractivity contribution in [3.8, 4) is 11.5 Å². The predicted octanol–water partition coefficient (Wildman–Crippen LogP) is 3.27. The van der Waals surface area contributed by atoms with Crippen molar-refractivity contribution in [1.29, 1.82) is 0 Å². The SMILES string of the molecule is O=C(O)c1ccc2[nH]c3c(c2c1)C[C@@]1(O)C2Cc4ccc(O)c5c4[C@@]1(CCN2CC1CC1)[C@H]3O5. The van der Waals surface area contributed by atoms with E-state index in [4.69, 9.17) is 4.74 Å². The molecule has 2 aliphatic heterocycles. The Morgan fingerprint density at radius 3 is 2.88 bits per heavy atom. The standard InChI is InChI=1S/C27H26N2O5/c30-19-6-4-14-10-20-27(33)11-17-16-9-15(25(31)32)3-5-18(16)28-22(17)24-26(27,21(14)23(19)34-24)7-8-29(20)12-13-1-2-13/h3-6,9,13,20,24,28,30,33H,1-2,7-8,10-12H2,(H,31,32)/t20?,24-,26-,27+/m0/s1. The van der Waals surface area contributed by atoms with E-state index in [9.17, 15) is 20.1 Å². The van der Waals surface area contributed by atoms with Crippen molar-refractivity contribution in [3.05, 3.63) is 58.3 Å². The van der Waals surface area contributed by atoms with E-state index in [1.165, 1.54) is 12.8 Å². The van der Waals surface area contributed by atoms with Gasteiger partial charge in [-0.1, -0.05) is 6.07 Å². The van der Waals surface area contributed by atoms with E-state index in [-0.39, 0.29) is 17.4 Å². The summed E-state index contributed by atoms with van der Waals surface area (Å²) in [5.74, 6) is 0.379. The number of ether oxygens (including phenoxy) is 1. The van der Waals surface area contributed by atoms with Gasteiger partial charge in [0.25, 0.3) is 0 Å². The molecule has 2 bridgehead atoms. The van der Waals surface area contributed by atoms with Crippen molar-refractivity contribution in [2.24, 2.45) is 5.92 Å². The number of aromatic nitrogens is 1. The van der Waals surface area contributed by atoms with Crippen LogP contribution in [0.2, 0.25) is 0 Å². The summed E-state index contributed by atoms with van der Waals surface area (Å²) >= 11 is 0. The largest absolute Gasteiger partial charge is 0.504 e. The molecular weight excluding hydrogens is 432 g/mol. The highest BCUT2D eigenvalue weighted by Gasteiger charge is 2.72. The molecule has 8 rings (SSSR count). The summed E-state index contributed by atoms with van der Waals surface area (Å²) in [7, 11) is 0. The molecule has 4 atom stereocenters. The van der Waals surface area contributed by atoms with Gasteiger partial charge in [0.1, 0.15) is 0 Å². The number of rotatable bonds is 3. The third-order valence-corrected chi connectivity index (χ3v) is 9.41. The molecule has 2 fully saturated rings. The van der Waals surface area contributed by atoms with Gasteiger partial charge < -0.3 is 25.0 Å². The fourth-order valence-electron chi connectivity index (χ4n) is 7.75. The zero-order chi connectivity index (χ0) is 23.0. The number of aliphatic hydroxyl groups is 1. The Morgan fingerprint density at radius 2 is 2.09 bits per heavy atom. The number of piperidine rings is 1. The number of benzene rings is 2. The molecule has 174 valence electrons. The second-order valence-electron chi connectivity index (χ2n) is 11.0. The summed E-state index contributed by atoms with van der Waals surface area (Å²) in [5.41, 5.74) is 3.37. The summed E-state index contributed by atoms with van der Waals surface area (Å²) in [5, 5.41) is 33.9. The fourth-order valence-corrected chi connectivity index (χ4v) is 7.75. The first-order valence-electron chi connectivity index (χ1n) is 12.3. The van der Waals surface area contributed by atoms with E-state index in [0.29, 0.717) is 12.2 Å². The first-order valence-corrected chi connectivity index (χ1v) is 12.3. The lowest BCUT2D eigenvalue weighted by atomic mass is 9.49. The van der Waals surface area contributed by atoms with Gasteiger partial charge >= 0.3 is 5.97 Å². The number of carbonyl (C=O) groups is 1. The molecule has 0 amide bonds. The molecule has 0 radical (unpaired) electrons. The van der Waals surface area contributed by atoms with Crippen molar-refractivity contribution in [2.75, 3.05) is 13.1 Å². The number of H-pyrrole nitrogens is 1. The minimum atomic E-state index is -1.07. The summed E-state index contributed by atoms with van der Waals surface area (Å²) in [4.78, 5) is 17.7. The number of likely N-dealkylation sites (tertiary alicyclic amines) is 1. The Hall–Kier alpha value is -3.03. The van der Waals surface area contributed by atoms with Gasteiger partial charge in [-0.2, -0.15) is 0 Å².